The molecule has 0 saturated carbocycles. The van der Waals surface area contributed by atoms with Crippen LogP contribution >= 0.6 is 15.3 Å². The summed E-state index contributed by atoms with van der Waals surface area (Å²) in [5.41, 5.74) is 0. The Hall–Kier alpha value is 0.697. The first kappa shape index (κ1) is 11.7. The van der Waals surface area contributed by atoms with Gasteiger partial charge in [0.1, 0.15) is 6.69 Å². The summed E-state index contributed by atoms with van der Waals surface area (Å²) in [6.07, 6.45) is 0. The maximum atomic E-state index is 3.96. The van der Waals surface area contributed by atoms with E-state index in [-0.39, 0.29) is 0 Å². The van der Waals surface area contributed by atoms with Gasteiger partial charge in [0.2, 0.25) is 0 Å². The van der Waals surface area contributed by atoms with Crippen LogP contribution in [0.3, 0.4) is 0 Å². The number of rotatable bonds is 0. The predicted molar refractivity (Wildman–Crippen MR) is 60.0 cm³/mol. The quantitative estimate of drug-likeness (QED) is 0.428. The lowest BCUT2D eigenvalue weighted by Gasteiger charge is -2.44. The van der Waals surface area contributed by atoms with Gasteiger partial charge in [-0.1, -0.05) is 48.1 Å². The van der Waals surface area contributed by atoms with Crippen molar-refractivity contribution in [3.8, 4) is 0 Å². The van der Waals surface area contributed by atoms with Gasteiger partial charge in [0.25, 0.3) is 0 Å². The third kappa shape index (κ3) is 2.31. The van der Waals surface area contributed by atoms with E-state index >= 15 is 0 Å². The highest BCUT2D eigenvalue weighted by molar-refractivity contribution is 9.26. The molecule has 0 bridgehead atoms. The second-order valence-electron chi connectivity index (χ2n) is 5.50. The smallest absolute Gasteiger partial charge is 0.125 e. The topological polar surface area (TPSA) is 0 Å². The molecule has 0 atom stereocenters. The van der Waals surface area contributed by atoms with Gasteiger partial charge in [0, 0.05) is 0 Å². The molecular weight excluding hydrogens is 216 g/mol. The van der Waals surface area contributed by atoms with Crippen LogP contribution in [0.5, 0.6) is 0 Å². The van der Waals surface area contributed by atoms with Crippen molar-refractivity contribution in [1.29, 1.82) is 0 Å². The summed E-state index contributed by atoms with van der Waals surface area (Å²) in [6.45, 7) is 15.1. The largest absolute Gasteiger partial charge is 0.137 e. The van der Waals surface area contributed by atoms with E-state index in [4.69, 9.17) is 0 Å². The van der Waals surface area contributed by atoms with Gasteiger partial charge in [-0.2, -0.15) is 0 Å². The van der Waals surface area contributed by atoms with Crippen molar-refractivity contribution in [2.24, 2.45) is 0 Å². The first-order chi connectivity index (χ1) is 4.50. The van der Waals surface area contributed by atoms with Crippen LogP contribution in [0, 0.1) is 0 Å². The Balaban J connectivity index is 4.75. The molecule has 0 radical (unpaired) electrons. The molecule has 0 unspecified atom stereocenters. The second-order valence-corrected chi connectivity index (χ2v) is 15.3. The molecule has 0 aromatic heterocycles. The first-order valence-electron chi connectivity index (χ1n) is 4.19. The second kappa shape index (κ2) is 2.88. The summed E-state index contributed by atoms with van der Waals surface area (Å²) in [4.78, 5) is 0. The van der Waals surface area contributed by atoms with E-state index in [0.29, 0.717) is 10.1 Å². The molecule has 0 amide bonds. The zero-order valence-electron chi connectivity index (χ0n) is 8.88. The van der Waals surface area contributed by atoms with Crippen LogP contribution in [-0.4, -0.2) is 6.69 Å². The van der Waals surface area contributed by atoms with E-state index in [1.807, 2.05) is 0 Å². The zero-order valence-corrected chi connectivity index (χ0v) is 11.5. The normalized spacial score (nSPS) is 15.3. The Bertz CT molecular complexity index is 121. The summed E-state index contributed by atoms with van der Waals surface area (Å²) in [5, 5.41) is 0.872. The first-order valence-corrected chi connectivity index (χ1v) is 8.95. The van der Waals surface area contributed by atoms with Crippen molar-refractivity contribution < 1.29 is 0 Å². The lowest BCUT2D eigenvalue weighted by Crippen LogP contribution is -2.42. The number of hydrogen-bond acceptors (Lipinski definition) is 0. The van der Waals surface area contributed by atoms with Gasteiger partial charge in [0.15, 0.2) is 0 Å². The summed E-state index contributed by atoms with van der Waals surface area (Å²) >= 11 is 3.96. The van der Waals surface area contributed by atoms with Gasteiger partial charge < -0.3 is 0 Å². The summed E-state index contributed by atoms with van der Waals surface area (Å²) in [5.74, 6) is 0. The number of hydrogen-bond donors (Lipinski definition) is 0. The van der Waals surface area contributed by atoms with Crippen LogP contribution in [0.25, 0.3) is 0 Å². The molecule has 0 saturated heterocycles. The lowest BCUT2D eigenvalue weighted by molar-refractivity contribution is 0.641. The predicted octanol–water partition coefficient (Wildman–Crippen LogP) is 4.56. The van der Waals surface area contributed by atoms with Gasteiger partial charge in [-0.3, -0.25) is 0 Å². The van der Waals surface area contributed by atoms with Crippen molar-refractivity contribution in [2.75, 3.05) is 0 Å². The molecule has 0 aromatic rings. The molecule has 11 heavy (non-hydrogen) atoms. The fourth-order valence-electron chi connectivity index (χ4n) is 1.12. The van der Waals surface area contributed by atoms with Crippen LogP contribution in [0.1, 0.15) is 41.5 Å². The minimum atomic E-state index is -1.29. The third-order valence-electron chi connectivity index (χ3n) is 2.82. The van der Waals surface area contributed by atoms with E-state index in [2.05, 4.69) is 63.4 Å². The summed E-state index contributed by atoms with van der Waals surface area (Å²) in [6, 6.07) is 0. The Morgan fingerprint density at radius 3 is 1.00 bits per heavy atom. The molecule has 0 rings (SSSR count). The van der Waals surface area contributed by atoms with Crippen LogP contribution in [-0.2, 0) is 0 Å². The molecule has 0 aliphatic carbocycles. The molecular formula is C9H21BrSi. The maximum Gasteiger partial charge on any atom is 0.137 e. The molecule has 0 aliphatic rings. The molecule has 0 aliphatic heterocycles. The molecule has 0 N–H and O–H groups in total. The van der Waals surface area contributed by atoms with Gasteiger partial charge in [-0.05, 0) is 10.1 Å². The minimum absolute atomic E-state index is 0.436. The molecule has 0 nitrogen and oxygen atoms in total. The molecule has 0 aromatic carbocycles. The van der Waals surface area contributed by atoms with Crippen LogP contribution in [0.4, 0.5) is 0 Å². The van der Waals surface area contributed by atoms with Crippen molar-refractivity contribution in [2.45, 2.75) is 58.2 Å². The van der Waals surface area contributed by atoms with E-state index in [0.717, 1.165) is 0 Å². The Morgan fingerprint density at radius 2 is 1.00 bits per heavy atom. The zero-order chi connectivity index (χ0) is 9.50. The molecule has 0 spiro atoms. The summed E-state index contributed by atoms with van der Waals surface area (Å²) in [7, 11) is 0. The standard InChI is InChI=1S/C9H21BrSi/c1-8(2,3)11(7,10)9(4,5)6/h1-7H3. The van der Waals surface area contributed by atoms with Crippen molar-refractivity contribution in [1.82, 2.24) is 0 Å². The fourth-order valence-corrected chi connectivity index (χ4v) is 3.38. The highest BCUT2D eigenvalue weighted by Gasteiger charge is 2.46. The van der Waals surface area contributed by atoms with Crippen LogP contribution < -0.4 is 0 Å². The van der Waals surface area contributed by atoms with Crippen molar-refractivity contribution in [3.05, 3.63) is 0 Å². The van der Waals surface area contributed by atoms with Crippen LogP contribution in [0.15, 0.2) is 0 Å². The third-order valence-corrected chi connectivity index (χ3v) is 15.6. The van der Waals surface area contributed by atoms with E-state index < -0.39 is 6.69 Å². The molecule has 68 valence electrons. The lowest BCUT2D eigenvalue weighted by atomic mass is 10.2. The van der Waals surface area contributed by atoms with Gasteiger partial charge >= 0.3 is 0 Å². The van der Waals surface area contributed by atoms with E-state index in [1.54, 1.807) is 0 Å². The average molecular weight is 237 g/mol. The highest BCUT2D eigenvalue weighted by Crippen LogP contribution is 2.54. The Labute approximate surface area is 80.4 Å². The molecule has 0 fully saturated rings. The Morgan fingerprint density at radius 1 is 0.818 bits per heavy atom. The van der Waals surface area contributed by atoms with E-state index in [9.17, 15) is 0 Å². The van der Waals surface area contributed by atoms with E-state index in [1.165, 1.54) is 0 Å². The van der Waals surface area contributed by atoms with Gasteiger partial charge in [-0.25, -0.2) is 0 Å². The van der Waals surface area contributed by atoms with Gasteiger partial charge in [-0.15, -0.1) is 15.3 Å². The van der Waals surface area contributed by atoms with Crippen LogP contribution in [0.2, 0.25) is 16.6 Å². The highest BCUT2D eigenvalue weighted by atomic mass is 79.9. The minimum Gasteiger partial charge on any atom is -0.125 e. The SMILES string of the molecule is CC(C)(C)[Si](C)(Br)C(C)(C)C. The summed E-state index contributed by atoms with van der Waals surface area (Å²) < 4.78 is 0. The Kier molecular flexibility index (Phi) is 3.06. The monoisotopic (exact) mass is 236 g/mol. The van der Waals surface area contributed by atoms with Crippen molar-refractivity contribution >= 4 is 22.0 Å². The number of halogens is 1. The fraction of sp³-hybridized carbons (Fsp3) is 1.00. The molecule has 2 heteroatoms. The van der Waals surface area contributed by atoms with Crippen molar-refractivity contribution in [3.63, 3.8) is 0 Å². The average Bonchev–Trinajstić information content (AvgIpc) is 1.58. The van der Waals surface area contributed by atoms with Gasteiger partial charge in [0.05, 0.1) is 0 Å². The molecule has 0 heterocycles. The maximum absolute atomic E-state index is 3.96.